The Morgan fingerprint density at radius 1 is 1.00 bits per heavy atom. The van der Waals surface area contributed by atoms with Gasteiger partial charge in [0.05, 0.1) is 23.6 Å². The number of esters is 1. The number of carbonyl (C=O) groups is 2. The molecule has 1 saturated carbocycles. The van der Waals surface area contributed by atoms with Crippen molar-refractivity contribution in [1.29, 1.82) is 0 Å². The van der Waals surface area contributed by atoms with Gasteiger partial charge in [-0.2, -0.15) is 0 Å². The van der Waals surface area contributed by atoms with Gasteiger partial charge in [0.25, 0.3) is 5.69 Å². The molecule has 12 heteroatoms. The van der Waals surface area contributed by atoms with E-state index in [0.717, 1.165) is 25.7 Å². The zero-order valence-corrected chi connectivity index (χ0v) is 24.1. The summed E-state index contributed by atoms with van der Waals surface area (Å²) < 4.78 is 36.0. The van der Waals surface area contributed by atoms with Crippen LogP contribution < -0.4 is 14.4 Å². The van der Waals surface area contributed by atoms with Crippen LogP contribution in [0.2, 0.25) is 0 Å². The molecule has 40 heavy (non-hydrogen) atoms. The van der Waals surface area contributed by atoms with Gasteiger partial charge in [-0.05, 0) is 76.6 Å². The van der Waals surface area contributed by atoms with Gasteiger partial charge in [0, 0.05) is 18.2 Å². The van der Waals surface area contributed by atoms with Crippen LogP contribution in [-0.4, -0.2) is 41.4 Å². The molecule has 1 aliphatic carbocycles. The number of hydrogen-bond acceptors (Lipinski definition) is 9. The number of benzene rings is 2. The van der Waals surface area contributed by atoms with E-state index in [1.54, 1.807) is 37.3 Å². The third-order valence-electron chi connectivity index (χ3n) is 6.21. The molecule has 1 N–H and O–H groups in total. The van der Waals surface area contributed by atoms with Crippen molar-refractivity contribution in [1.82, 2.24) is 5.32 Å². The molecule has 218 valence electrons. The highest BCUT2D eigenvalue weighted by molar-refractivity contribution is 7.54. The topological polar surface area (TPSA) is 143 Å². The summed E-state index contributed by atoms with van der Waals surface area (Å²) in [6.45, 7) is 7.24. The molecule has 1 aliphatic rings. The van der Waals surface area contributed by atoms with Crippen LogP contribution in [0.4, 0.5) is 10.5 Å². The Morgan fingerprint density at radius 2 is 1.57 bits per heavy atom. The number of rotatable bonds is 11. The highest BCUT2D eigenvalue weighted by atomic mass is 31.2. The second kappa shape index (κ2) is 13.7. The molecular weight excluding hydrogens is 539 g/mol. The van der Waals surface area contributed by atoms with Crippen LogP contribution in [0.5, 0.6) is 11.5 Å². The largest absolute Gasteiger partial charge is 0.465 e. The number of para-hydroxylation sites is 1. The van der Waals surface area contributed by atoms with Crippen LogP contribution in [0.25, 0.3) is 0 Å². The van der Waals surface area contributed by atoms with Crippen LogP contribution >= 0.6 is 7.60 Å². The van der Waals surface area contributed by atoms with Crippen molar-refractivity contribution in [3.63, 3.8) is 0 Å². The number of hydrogen-bond donors (Lipinski definition) is 1. The van der Waals surface area contributed by atoms with E-state index < -0.39 is 36.1 Å². The summed E-state index contributed by atoms with van der Waals surface area (Å²) in [5, 5.41) is 13.8. The number of nitro groups is 1. The highest BCUT2D eigenvalue weighted by Gasteiger charge is 2.35. The maximum Gasteiger partial charge on any atom is 0.431 e. The standard InChI is InChI=1S/C28H37N2O9P/c1-20(26(31)36-18-21-10-12-22(13-11-21)29-27(32)37-28(2,3)4)19-40(35,38-24-8-6-5-7-9-24)39-25-16-14-23(15-17-25)30(33)34/h5-9,14-17,20-22H,10-13,18-19H2,1-4H3,(H,29,32)/t20-,21?,22?,40?/m1/s1. The summed E-state index contributed by atoms with van der Waals surface area (Å²) in [4.78, 5) is 35.2. The van der Waals surface area contributed by atoms with Crippen molar-refractivity contribution in [2.75, 3.05) is 12.8 Å². The lowest BCUT2D eigenvalue weighted by Crippen LogP contribution is -2.41. The van der Waals surface area contributed by atoms with Crippen molar-refractivity contribution in [3.8, 4) is 11.5 Å². The Labute approximate surface area is 234 Å². The number of ether oxygens (including phenoxy) is 2. The second-order valence-corrected chi connectivity index (χ2v) is 12.9. The first-order valence-electron chi connectivity index (χ1n) is 13.3. The van der Waals surface area contributed by atoms with Crippen LogP contribution in [0.15, 0.2) is 54.6 Å². The number of nitro benzene ring substituents is 1. The van der Waals surface area contributed by atoms with Crippen LogP contribution in [0.3, 0.4) is 0 Å². The normalized spacial score (nSPS) is 19.4. The summed E-state index contributed by atoms with van der Waals surface area (Å²) in [7, 11) is -3.93. The minimum Gasteiger partial charge on any atom is -0.465 e. The monoisotopic (exact) mass is 576 g/mol. The fraction of sp³-hybridized carbons (Fsp3) is 0.500. The SMILES string of the molecule is C[C@H](CP(=O)(Oc1ccccc1)Oc1ccc([N+](=O)[O-])cc1)C(=O)OCC1CCC(NC(=O)OC(C)(C)C)CC1. The summed E-state index contributed by atoms with van der Waals surface area (Å²) in [6, 6.07) is 13.6. The van der Waals surface area contributed by atoms with Gasteiger partial charge in [0.2, 0.25) is 0 Å². The Kier molecular flexibility index (Phi) is 10.6. The van der Waals surface area contributed by atoms with E-state index in [0.29, 0.717) is 5.75 Å². The summed E-state index contributed by atoms with van der Waals surface area (Å²) >= 11 is 0. The maximum atomic E-state index is 13.8. The van der Waals surface area contributed by atoms with Gasteiger partial charge in [-0.3, -0.25) is 14.9 Å². The predicted molar refractivity (Wildman–Crippen MR) is 149 cm³/mol. The molecule has 2 aromatic carbocycles. The molecule has 1 fully saturated rings. The van der Waals surface area contributed by atoms with E-state index in [2.05, 4.69) is 5.32 Å². The minimum absolute atomic E-state index is 0.0123. The van der Waals surface area contributed by atoms with Gasteiger partial charge >= 0.3 is 19.7 Å². The molecule has 3 rings (SSSR count). The molecule has 1 unspecified atom stereocenters. The average molecular weight is 577 g/mol. The highest BCUT2D eigenvalue weighted by Crippen LogP contribution is 2.50. The van der Waals surface area contributed by atoms with E-state index in [1.165, 1.54) is 24.3 Å². The van der Waals surface area contributed by atoms with E-state index in [-0.39, 0.29) is 36.2 Å². The van der Waals surface area contributed by atoms with E-state index >= 15 is 0 Å². The molecule has 2 atom stereocenters. The summed E-state index contributed by atoms with van der Waals surface area (Å²) in [5.41, 5.74) is -0.701. The van der Waals surface area contributed by atoms with Crippen molar-refractivity contribution in [3.05, 3.63) is 64.7 Å². The molecule has 0 aromatic heterocycles. The van der Waals surface area contributed by atoms with Crippen molar-refractivity contribution in [2.24, 2.45) is 11.8 Å². The molecular formula is C28H37N2O9P. The predicted octanol–water partition coefficient (Wildman–Crippen LogP) is 6.51. The molecule has 0 saturated heterocycles. The lowest BCUT2D eigenvalue weighted by molar-refractivity contribution is -0.384. The number of carbonyl (C=O) groups excluding carboxylic acids is 2. The Bertz CT molecular complexity index is 1190. The van der Waals surface area contributed by atoms with Gasteiger partial charge in [0.15, 0.2) is 0 Å². The number of nitrogens with one attached hydrogen (secondary N) is 1. The van der Waals surface area contributed by atoms with E-state index in [4.69, 9.17) is 18.5 Å². The maximum absolute atomic E-state index is 13.8. The molecule has 0 radical (unpaired) electrons. The first kappa shape index (κ1) is 30.9. The summed E-state index contributed by atoms with van der Waals surface area (Å²) in [5.74, 6) is -0.778. The lowest BCUT2D eigenvalue weighted by Gasteiger charge is -2.30. The minimum atomic E-state index is -3.93. The molecule has 0 bridgehead atoms. The van der Waals surface area contributed by atoms with Gasteiger partial charge < -0.3 is 23.8 Å². The van der Waals surface area contributed by atoms with Gasteiger partial charge in [-0.1, -0.05) is 25.1 Å². The van der Waals surface area contributed by atoms with Crippen molar-refractivity contribution < 1.29 is 37.6 Å². The van der Waals surface area contributed by atoms with Crippen molar-refractivity contribution >= 4 is 25.3 Å². The number of nitrogens with zero attached hydrogens (tertiary/aromatic N) is 1. The van der Waals surface area contributed by atoms with Crippen LogP contribution in [-0.2, 0) is 18.8 Å². The Morgan fingerprint density at radius 3 is 2.12 bits per heavy atom. The molecule has 0 aliphatic heterocycles. The first-order valence-corrected chi connectivity index (χ1v) is 15.0. The summed E-state index contributed by atoms with van der Waals surface area (Å²) in [6.07, 6.45) is 2.36. The average Bonchev–Trinajstić information content (AvgIpc) is 2.87. The van der Waals surface area contributed by atoms with E-state index in [1.807, 2.05) is 20.8 Å². The quantitative estimate of drug-likeness (QED) is 0.137. The van der Waals surface area contributed by atoms with E-state index in [9.17, 15) is 24.3 Å². The lowest BCUT2D eigenvalue weighted by atomic mass is 9.86. The molecule has 11 nitrogen and oxygen atoms in total. The van der Waals surface area contributed by atoms with Gasteiger partial charge in [-0.25, -0.2) is 9.36 Å². The number of alkyl carbamates (subject to hydrolysis) is 1. The van der Waals surface area contributed by atoms with Crippen LogP contribution in [0, 0.1) is 22.0 Å². The fourth-order valence-corrected chi connectivity index (χ4v) is 6.12. The smallest absolute Gasteiger partial charge is 0.431 e. The second-order valence-electron chi connectivity index (χ2n) is 10.9. The Hall–Kier alpha value is -3.59. The zero-order chi connectivity index (χ0) is 29.3. The third kappa shape index (κ3) is 10.2. The molecule has 2 aromatic rings. The zero-order valence-electron chi connectivity index (χ0n) is 23.2. The molecule has 1 amide bonds. The van der Waals surface area contributed by atoms with Gasteiger partial charge in [0.1, 0.15) is 17.1 Å². The molecule has 0 heterocycles. The number of amides is 1. The third-order valence-corrected chi connectivity index (χ3v) is 8.18. The molecule has 0 spiro atoms. The Balaban J connectivity index is 1.54. The fourth-order valence-electron chi connectivity index (χ4n) is 4.22. The van der Waals surface area contributed by atoms with Crippen molar-refractivity contribution in [2.45, 2.75) is 65.0 Å². The van der Waals surface area contributed by atoms with Crippen LogP contribution in [0.1, 0.15) is 53.4 Å². The van der Waals surface area contributed by atoms with Gasteiger partial charge in [-0.15, -0.1) is 0 Å². The number of non-ortho nitro benzene ring substituents is 1. The first-order chi connectivity index (χ1) is 18.8.